The first-order valence-corrected chi connectivity index (χ1v) is 6.18. The lowest BCUT2D eigenvalue weighted by atomic mass is 10.8. The van der Waals surface area contributed by atoms with E-state index < -0.39 is 0 Å². The van der Waals surface area contributed by atoms with Crippen molar-refractivity contribution in [2.24, 2.45) is 7.05 Å². The van der Waals surface area contributed by atoms with E-state index in [4.69, 9.17) is 0 Å². The number of rotatable bonds is 4. The Kier molecular flexibility index (Phi) is 3.66. The van der Waals surface area contributed by atoms with E-state index in [0.29, 0.717) is 17.1 Å². The standard InChI is InChI=1S/C10H15N7S/c1-11-7-13-8(16(2)3)15-9(14-7)18-10-12-5-6-17(10)4/h5-6H,1-4H3,(H,11,13,14,15). The normalized spacial score (nSPS) is 10.4. The average molecular weight is 265 g/mol. The van der Waals surface area contributed by atoms with E-state index in [1.165, 1.54) is 11.8 Å². The molecule has 0 unspecified atom stereocenters. The molecule has 7 nitrogen and oxygen atoms in total. The molecule has 8 heteroatoms. The second kappa shape index (κ2) is 5.21. The molecule has 0 aliphatic carbocycles. The third-order valence-corrected chi connectivity index (χ3v) is 3.13. The maximum atomic E-state index is 4.37. The van der Waals surface area contributed by atoms with E-state index in [0.717, 1.165) is 5.16 Å². The van der Waals surface area contributed by atoms with Crippen LogP contribution in [0.4, 0.5) is 11.9 Å². The Bertz CT molecular complexity index is 537. The summed E-state index contributed by atoms with van der Waals surface area (Å²) in [5.41, 5.74) is 0. The lowest BCUT2D eigenvalue weighted by Gasteiger charge is -2.11. The molecule has 96 valence electrons. The van der Waals surface area contributed by atoms with E-state index in [9.17, 15) is 0 Å². The number of nitrogens with one attached hydrogen (secondary N) is 1. The monoisotopic (exact) mass is 265 g/mol. The van der Waals surface area contributed by atoms with Crippen molar-refractivity contribution in [2.45, 2.75) is 10.3 Å². The van der Waals surface area contributed by atoms with Crippen LogP contribution in [0.3, 0.4) is 0 Å². The summed E-state index contributed by atoms with van der Waals surface area (Å²) >= 11 is 1.40. The van der Waals surface area contributed by atoms with Crippen LogP contribution >= 0.6 is 11.8 Å². The average Bonchev–Trinajstić information content (AvgIpc) is 2.74. The minimum atomic E-state index is 0.547. The van der Waals surface area contributed by atoms with E-state index in [1.54, 1.807) is 13.2 Å². The van der Waals surface area contributed by atoms with Gasteiger partial charge in [0.15, 0.2) is 5.16 Å². The highest BCUT2D eigenvalue weighted by Crippen LogP contribution is 2.24. The molecule has 0 fully saturated rings. The van der Waals surface area contributed by atoms with Gasteiger partial charge < -0.3 is 14.8 Å². The second-order valence-corrected chi connectivity index (χ2v) is 4.74. The fourth-order valence-corrected chi connectivity index (χ4v) is 1.98. The van der Waals surface area contributed by atoms with Crippen molar-refractivity contribution in [3.63, 3.8) is 0 Å². The summed E-state index contributed by atoms with van der Waals surface area (Å²) < 4.78 is 1.92. The van der Waals surface area contributed by atoms with Crippen LogP contribution in [0.2, 0.25) is 0 Å². The van der Waals surface area contributed by atoms with E-state index in [-0.39, 0.29) is 0 Å². The largest absolute Gasteiger partial charge is 0.357 e. The zero-order valence-electron chi connectivity index (χ0n) is 10.7. The molecule has 2 aromatic rings. The molecule has 2 heterocycles. The minimum absolute atomic E-state index is 0.547. The van der Waals surface area contributed by atoms with E-state index in [1.807, 2.05) is 36.8 Å². The van der Waals surface area contributed by atoms with Crippen molar-refractivity contribution in [3.05, 3.63) is 12.4 Å². The molecule has 0 radical (unpaired) electrons. The van der Waals surface area contributed by atoms with Crippen LogP contribution in [0.15, 0.2) is 22.7 Å². The van der Waals surface area contributed by atoms with Gasteiger partial charge in [-0.05, 0) is 11.8 Å². The summed E-state index contributed by atoms with van der Waals surface area (Å²) in [5, 5.41) is 4.39. The third-order valence-electron chi connectivity index (χ3n) is 2.19. The van der Waals surface area contributed by atoms with Gasteiger partial charge in [-0.2, -0.15) is 15.0 Å². The van der Waals surface area contributed by atoms with Crippen LogP contribution in [0.1, 0.15) is 0 Å². The summed E-state index contributed by atoms with van der Waals surface area (Å²) in [7, 11) is 7.50. The van der Waals surface area contributed by atoms with Gasteiger partial charge in [0.2, 0.25) is 17.1 Å². The van der Waals surface area contributed by atoms with Gasteiger partial charge in [0.05, 0.1) is 0 Å². The van der Waals surface area contributed by atoms with Crippen LogP contribution in [-0.2, 0) is 7.05 Å². The smallest absolute Gasteiger partial charge is 0.230 e. The maximum absolute atomic E-state index is 4.37. The predicted octanol–water partition coefficient (Wildman–Crippen LogP) is 0.864. The van der Waals surface area contributed by atoms with Gasteiger partial charge >= 0.3 is 0 Å². The first-order chi connectivity index (χ1) is 8.60. The number of aromatic nitrogens is 5. The fourth-order valence-electron chi connectivity index (χ4n) is 1.24. The minimum Gasteiger partial charge on any atom is -0.357 e. The quantitative estimate of drug-likeness (QED) is 0.879. The Morgan fingerprint density at radius 3 is 2.61 bits per heavy atom. The highest BCUT2D eigenvalue weighted by molar-refractivity contribution is 7.99. The van der Waals surface area contributed by atoms with E-state index in [2.05, 4.69) is 25.3 Å². The number of imidazole rings is 1. The molecule has 0 amide bonds. The SMILES string of the molecule is CNc1nc(Sc2nccn2C)nc(N(C)C)n1. The van der Waals surface area contributed by atoms with Crippen molar-refractivity contribution in [2.75, 3.05) is 31.4 Å². The second-order valence-electron chi connectivity index (χ2n) is 3.81. The Morgan fingerprint density at radius 2 is 2.06 bits per heavy atom. The van der Waals surface area contributed by atoms with Gasteiger partial charge in [0, 0.05) is 40.6 Å². The Labute approximate surface area is 110 Å². The molecular weight excluding hydrogens is 250 g/mol. The topological polar surface area (TPSA) is 71.8 Å². The molecule has 0 aromatic carbocycles. The summed E-state index contributed by atoms with van der Waals surface area (Å²) in [4.78, 5) is 19.0. The van der Waals surface area contributed by atoms with Crippen LogP contribution in [0.5, 0.6) is 0 Å². The number of nitrogens with zero attached hydrogens (tertiary/aromatic N) is 6. The molecule has 0 aliphatic rings. The number of aryl methyl sites for hydroxylation is 1. The molecule has 0 saturated carbocycles. The molecule has 0 spiro atoms. The highest BCUT2D eigenvalue weighted by Gasteiger charge is 2.10. The highest BCUT2D eigenvalue weighted by atomic mass is 32.2. The third kappa shape index (κ3) is 2.70. The molecule has 2 aromatic heterocycles. The summed E-state index contributed by atoms with van der Waals surface area (Å²) in [5.74, 6) is 1.16. The van der Waals surface area contributed by atoms with Crippen molar-refractivity contribution >= 4 is 23.7 Å². The van der Waals surface area contributed by atoms with Gasteiger partial charge in [-0.1, -0.05) is 0 Å². The maximum Gasteiger partial charge on any atom is 0.230 e. The van der Waals surface area contributed by atoms with Gasteiger partial charge in [-0.3, -0.25) is 0 Å². The van der Waals surface area contributed by atoms with Gasteiger partial charge in [0.25, 0.3) is 0 Å². The fraction of sp³-hybridized carbons (Fsp3) is 0.400. The number of hydrogen-bond acceptors (Lipinski definition) is 7. The summed E-state index contributed by atoms with van der Waals surface area (Å²) in [6.07, 6.45) is 3.63. The molecule has 18 heavy (non-hydrogen) atoms. The van der Waals surface area contributed by atoms with Crippen molar-refractivity contribution in [1.82, 2.24) is 24.5 Å². The van der Waals surface area contributed by atoms with Gasteiger partial charge in [0.1, 0.15) is 0 Å². The number of hydrogen-bond donors (Lipinski definition) is 1. The summed E-state index contributed by atoms with van der Waals surface area (Å²) in [6, 6.07) is 0. The molecule has 1 N–H and O–H groups in total. The van der Waals surface area contributed by atoms with Crippen LogP contribution < -0.4 is 10.2 Å². The first kappa shape index (κ1) is 12.6. The molecule has 0 atom stereocenters. The molecule has 0 bridgehead atoms. The zero-order valence-corrected chi connectivity index (χ0v) is 11.6. The van der Waals surface area contributed by atoms with E-state index >= 15 is 0 Å². The van der Waals surface area contributed by atoms with Crippen LogP contribution in [-0.4, -0.2) is 45.6 Å². The predicted molar refractivity (Wildman–Crippen MR) is 71.0 cm³/mol. The molecule has 2 rings (SSSR count). The number of anilines is 2. The van der Waals surface area contributed by atoms with Crippen LogP contribution in [0, 0.1) is 0 Å². The van der Waals surface area contributed by atoms with Crippen molar-refractivity contribution in [1.29, 1.82) is 0 Å². The lowest BCUT2D eigenvalue weighted by Crippen LogP contribution is -2.15. The van der Waals surface area contributed by atoms with Gasteiger partial charge in [-0.15, -0.1) is 0 Å². The Balaban J connectivity index is 2.32. The molecule has 0 saturated heterocycles. The Hall–Kier alpha value is -1.83. The first-order valence-electron chi connectivity index (χ1n) is 5.36. The van der Waals surface area contributed by atoms with Crippen molar-refractivity contribution < 1.29 is 0 Å². The summed E-state index contributed by atoms with van der Waals surface area (Å²) in [6.45, 7) is 0. The van der Waals surface area contributed by atoms with Gasteiger partial charge in [-0.25, -0.2) is 4.98 Å². The Morgan fingerprint density at radius 1 is 1.28 bits per heavy atom. The molecular formula is C10H15N7S. The zero-order chi connectivity index (χ0) is 13.1. The lowest BCUT2D eigenvalue weighted by molar-refractivity contribution is 0.782. The van der Waals surface area contributed by atoms with Crippen LogP contribution in [0.25, 0.3) is 0 Å². The van der Waals surface area contributed by atoms with Crippen molar-refractivity contribution in [3.8, 4) is 0 Å². The molecule has 0 aliphatic heterocycles.